The van der Waals surface area contributed by atoms with E-state index in [4.69, 9.17) is 0 Å². The van der Waals surface area contributed by atoms with Gasteiger partial charge in [0.2, 0.25) is 0 Å². The van der Waals surface area contributed by atoms with Gasteiger partial charge in [0, 0.05) is 11.1 Å². The van der Waals surface area contributed by atoms with Crippen LogP contribution in [0.25, 0.3) is 0 Å². The Balaban J connectivity index is 1.88. The highest BCUT2D eigenvalue weighted by Gasteiger charge is 2.60. The van der Waals surface area contributed by atoms with Crippen LogP contribution in [0.5, 0.6) is 0 Å². The van der Waals surface area contributed by atoms with Gasteiger partial charge in [-0.15, -0.1) is 0 Å². The van der Waals surface area contributed by atoms with Crippen molar-refractivity contribution in [1.29, 1.82) is 0 Å². The summed E-state index contributed by atoms with van der Waals surface area (Å²) >= 11 is 0. The topological polar surface area (TPSA) is 58.5 Å². The molecular weight excluding hydrogens is 308 g/mol. The van der Waals surface area contributed by atoms with Gasteiger partial charge in [0.05, 0.1) is 4.90 Å². The lowest BCUT2D eigenvalue weighted by Crippen LogP contribution is -2.34. The number of rotatable bonds is 3. The first kappa shape index (κ1) is 16.5. The molecule has 0 heterocycles. The number of fused-ring (bicyclic) bond motifs is 2. The summed E-state index contributed by atoms with van der Waals surface area (Å²) < 4.78 is 25.1. The van der Waals surface area contributed by atoms with Gasteiger partial charge >= 0.3 is 0 Å². The molecule has 0 unspecified atom stereocenters. The maximum Gasteiger partial charge on any atom is 0.276 e. The number of nitrogens with one attached hydrogen (secondary N) is 1. The van der Waals surface area contributed by atoms with E-state index >= 15 is 0 Å². The molecule has 5 heteroatoms. The molecule has 0 aliphatic heterocycles. The van der Waals surface area contributed by atoms with E-state index in [-0.39, 0.29) is 10.8 Å². The second kappa shape index (κ2) is 5.07. The van der Waals surface area contributed by atoms with Crippen LogP contribution in [0.2, 0.25) is 0 Å². The zero-order valence-corrected chi connectivity index (χ0v) is 15.4. The van der Waals surface area contributed by atoms with Gasteiger partial charge in [-0.25, -0.2) is 4.83 Å². The van der Waals surface area contributed by atoms with Crippen molar-refractivity contribution in [2.75, 3.05) is 0 Å². The lowest BCUT2D eigenvalue weighted by atomic mass is 9.70. The molecule has 3 rings (SSSR count). The Morgan fingerprint density at radius 3 is 2.43 bits per heavy atom. The Kier molecular flexibility index (Phi) is 3.63. The van der Waals surface area contributed by atoms with E-state index < -0.39 is 10.0 Å². The maximum absolute atomic E-state index is 12.6. The molecule has 2 saturated carbocycles. The van der Waals surface area contributed by atoms with Crippen LogP contribution < -0.4 is 4.83 Å². The molecule has 1 N–H and O–H groups in total. The Morgan fingerprint density at radius 1 is 1.22 bits per heavy atom. The van der Waals surface area contributed by atoms with E-state index in [1.54, 1.807) is 6.07 Å². The summed E-state index contributed by atoms with van der Waals surface area (Å²) in [5.74, 6) is 0.608. The third-order valence-corrected chi connectivity index (χ3v) is 7.80. The van der Waals surface area contributed by atoms with Crippen molar-refractivity contribution >= 4 is 15.7 Å². The molecule has 126 valence electrons. The molecule has 2 fully saturated rings. The number of hydrazone groups is 1. The first-order valence-corrected chi connectivity index (χ1v) is 9.72. The van der Waals surface area contributed by atoms with Crippen LogP contribution >= 0.6 is 0 Å². The van der Waals surface area contributed by atoms with Crippen LogP contribution in [0.1, 0.15) is 51.2 Å². The predicted octanol–water partition coefficient (Wildman–Crippen LogP) is 3.78. The highest BCUT2D eigenvalue weighted by molar-refractivity contribution is 7.89. The normalized spacial score (nSPS) is 30.8. The minimum Gasteiger partial charge on any atom is -0.200 e. The summed E-state index contributed by atoms with van der Waals surface area (Å²) in [6.07, 6.45) is 3.21. The van der Waals surface area contributed by atoms with Gasteiger partial charge in [0.15, 0.2) is 0 Å². The summed E-state index contributed by atoms with van der Waals surface area (Å²) in [4.78, 5) is 2.79. The second-order valence-electron chi connectivity index (χ2n) is 7.92. The molecule has 2 aliphatic carbocycles. The van der Waals surface area contributed by atoms with Gasteiger partial charge in [0.1, 0.15) is 0 Å². The van der Waals surface area contributed by atoms with Gasteiger partial charge in [-0.3, -0.25) is 0 Å². The van der Waals surface area contributed by atoms with Crippen LogP contribution in [0.15, 0.2) is 28.2 Å². The fourth-order valence-corrected chi connectivity index (χ4v) is 5.42. The Morgan fingerprint density at radius 2 is 1.91 bits per heavy atom. The van der Waals surface area contributed by atoms with Crippen LogP contribution in [0, 0.1) is 30.6 Å². The molecule has 1 aromatic carbocycles. The Bertz CT molecular complexity index is 780. The zero-order chi connectivity index (χ0) is 17.0. The highest BCUT2D eigenvalue weighted by atomic mass is 32.2. The molecule has 4 nitrogen and oxygen atoms in total. The van der Waals surface area contributed by atoms with Crippen LogP contribution in [-0.2, 0) is 10.0 Å². The molecule has 23 heavy (non-hydrogen) atoms. The monoisotopic (exact) mass is 334 g/mol. The number of hydrogen-bond donors (Lipinski definition) is 1. The molecule has 2 atom stereocenters. The van der Waals surface area contributed by atoms with Crippen molar-refractivity contribution in [1.82, 2.24) is 4.83 Å². The average molecular weight is 334 g/mol. The summed E-state index contributed by atoms with van der Waals surface area (Å²) in [6.45, 7) is 10.6. The highest BCUT2D eigenvalue weighted by Crippen LogP contribution is 2.63. The fraction of sp³-hybridized carbons (Fsp3) is 0.611. The van der Waals surface area contributed by atoms with E-state index in [9.17, 15) is 8.42 Å². The number of aryl methyl sites for hydroxylation is 2. The third-order valence-electron chi connectivity index (χ3n) is 6.43. The minimum absolute atomic E-state index is 0.00249. The third kappa shape index (κ3) is 2.40. The van der Waals surface area contributed by atoms with E-state index in [1.807, 2.05) is 26.0 Å². The molecular formula is C18H26N2O2S. The van der Waals surface area contributed by atoms with Crippen molar-refractivity contribution in [3.63, 3.8) is 0 Å². The number of benzene rings is 1. The SMILES string of the molecule is Cc1ccc(S(=O)(=O)N/N=C2/C[C@H]3CC[C@]2(C)C3(C)C)c(C)c1. The zero-order valence-electron chi connectivity index (χ0n) is 14.6. The molecule has 0 aromatic heterocycles. The van der Waals surface area contributed by atoms with Gasteiger partial charge < -0.3 is 0 Å². The summed E-state index contributed by atoms with van der Waals surface area (Å²) in [6, 6.07) is 5.35. The van der Waals surface area contributed by atoms with Crippen molar-refractivity contribution < 1.29 is 8.42 Å². The largest absolute Gasteiger partial charge is 0.276 e. The molecule has 0 amide bonds. The molecule has 0 saturated heterocycles. The van der Waals surface area contributed by atoms with E-state index in [1.165, 1.54) is 6.42 Å². The molecule has 2 aliphatic rings. The Hall–Kier alpha value is -1.36. The van der Waals surface area contributed by atoms with Crippen molar-refractivity contribution in [2.24, 2.45) is 21.8 Å². The summed E-state index contributed by atoms with van der Waals surface area (Å²) in [5.41, 5.74) is 3.00. The molecule has 1 aromatic rings. The first-order chi connectivity index (χ1) is 10.6. The molecule has 0 spiro atoms. The van der Waals surface area contributed by atoms with Crippen LogP contribution in [0.3, 0.4) is 0 Å². The maximum atomic E-state index is 12.6. The predicted molar refractivity (Wildman–Crippen MR) is 92.9 cm³/mol. The van der Waals surface area contributed by atoms with Crippen LogP contribution in [-0.4, -0.2) is 14.1 Å². The van der Waals surface area contributed by atoms with Crippen molar-refractivity contribution in [2.45, 2.75) is 58.8 Å². The van der Waals surface area contributed by atoms with Gasteiger partial charge in [-0.05, 0) is 56.1 Å². The number of nitrogens with zero attached hydrogens (tertiary/aromatic N) is 1. The molecule has 2 bridgehead atoms. The lowest BCUT2D eigenvalue weighted by molar-refractivity contribution is 0.193. The first-order valence-electron chi connectivity index (χ1n) is 8.24. The second-order valence-corrected chi connectivity index (χ2v) is 9.54. The van der Waals surface area contributed by atoms with Gasteiger partial charge in [0.25, 0.3) is 10.0 Å². The van der Waals surface area contributed by atoms with E-state index in [2.05, 4.69) is 30.7 Å². The quantitative estimate of drug-likeness (QED) is 0.855. The minimum atomic E-state index is -3.61. The number of sulfonamides is 1. The Labute approximate surface area is 139 Å². The van der Waals surface area contributed by atoms with Crippen molar-refractivity contribution in [3.8, 4) is 0 Å². The van der Waals surface area contributed by atoms with E-state index in [0.29, 0.717) is 10.8 Å². The summed E-state index contributed by atoms with van der Waals surface area (Å²) in [5, 5.41) is 4.36. The van der Waals surface area contributed by atoms with Gasteiger partial charge in [-0.1, -0.05) is 38.5 Å². The molecule has 0 radical (unpaired) electrons. The van der Waals surface area contributed by atoms with Crippen LogP contribution in [0.4, 0.5) is 0 Å². The van der Waals surface area contributed by atoms with Crippen molar-refractivity contribution in [3.05, 3.63) is 29.3 Å². The standard InChI is InChI=1S/C18H26N2O2S/c1-12-6-7-15(13(2)10-12)23(21,22)20-19-16-11-14-8-9-18(16,5)17(14,3)4/h6-7,10,14,20H,8-9,11H2,1-5H3/b19-16-/t14-,18+/m1/s1. The fourth-order valence-electron chi connectivity index (χ4n) is 4.36. The average Bonchev–Trinajstić information content (AvgIpc) is 2.77. The van der Waals surface area contributed by atoms with E-state index in [0.717, 1.165) is 29.7 Å². The summed E-state index contributed by atoms with van der Waals surface area (Å²) in [7, 11) is -3.61. The van der Waals surface area contributed by atoms with Gasteiger partial charge in [-0.2, -0.15) is 13.5 Å². The number of hydrogen-bond acceptors (Lipinski definition) is 3. The smallest absolute Gasteiger partial charge is 0.200 e. The lowest BCUT2D eigenvalue weighted by Gasteiger charge is -2.34.